The van der Waals surface area contributed by atoms with Crippen LogP contribution in [0.25, 0.3) is 0 Å². The molecule has 0 aliphatic carbocycles. The van der Waals surface area contributed by atoms with Crippen LogP contribution in [0.4, 0.5) is 4.79 Å². The molecule has 1 N–H and O–H groups in total. The summed E-state index contributed by atoms with van der Waals surface area (Å²) in [4.78, 5) is 26.1. The number of carbonyl (C=O) groups is 2. The van der Waals surface area contributed by atoms with Crippen molar-refractivity contribution < 1.29 is 9.59 Å². The Morgan fingerprint density at radius 1 is 1.10 bits per heavy atom. The number of urea groups is 1. The van der Waals surface area contributed by atoms with Gasteiger partial charge in [-0.25, -0.2) is 4.79 Å². The Balaban J connectivity index is 2.11. The molecule has 0 aromatic heterocycles. The minimum Gasteiger partial charge on any atom is -0.319 e. The molecule has 4 heteroatoms. The van der Waals surface area contributed by atoms with Gasteiger partial charge >= 0.3 is 6.03 Å². The van der Waals surface area contributed by atoms with Gasteiger partial charge in [-0.15, -0.1) is 0 Å². The molecule has 0 saturated carbocycles. The molecule has 1 fully saturated rings. The van der Waals surface area contributed by atoms with E-state index >= 15 is 0 Å². The fourth-order valence-corrected chi connectivity index (χ4v) is 2.68. The highest BCUT2D eigenvalue weighted by molar-refractivity contribution is 6.07. The lowest BCUT2D eigenvalue weighted by Crippen LogP contribution is -2.41. The zero-order valence-corrected chi connectivity index (χ0v) is 13.1. The van der Waals surface area contributed by atoms with Crippen LogP contribution in [0.1, 0.15) is 50.7 Å². The first-order valence-corrected chi connectivity index (χ1v) is 7.70. The third-order valence-corrected chi connectivity index (χ3v) is 4.14. The van der Waals surface area contributed by atoms with E-state index < -0.39 is 5.54 Å². The molecule has 1 saturated heterocycles. The SMILES string of the molecule is CCCCCCN1C(=O)NC(C)(c2ccc(C)cc2)C1=O. The van der Waals surface area contributed by atoms with Gasteiger partial charge in [0.25, 0.3) is 5.91 Å². The average Bonchev–Trinajstić information content (AvgIpc) is 2.68. The second kappa shape index (κ2) is 6.29. The Hall–Kier alpha value is -1.84. The maximum Gasteiger partial charge on any atom is 0.325 e. The minimum atomic E-state index is -0.935. The third kappa shape index (κ3) is 3.09. The minimum absolute atomic E-state index is 0.146. The van der Waals surface area contributed by atoms with Crippen molar-refractivity contribution in [3.63, 3.8) is 0 Å². The molecular weight excluding hydrogens is 264 g/mol. The Morgan fingerprint density at radius 2 is 1.76 bits per heavy atom. The van der Waals surface area contributed by atoms with E-state index in [0.29, 0.717) is 6.54 Å². The van der Waals surface area contributed by atoms with Gasteiger partial charge in [-0.05, 0) is 25.8 Å². The van der Waals surface area contributed by atoms with E-state index in [2.05, 4.69) is 12.2 Å². The Bertz CT molecular complexity index is 524. The van der Waals surface area contributed by atoms with Crippen LogP contribution in [-0.4, -0.2) is 23.4 Å². The molecule has 1 aliphatic rings. The van der Waals surface area contributed by atoms with E-state index in [9.17, 15) is 9.59 Å². The highest BCUT2D eigenvalue weighted by Crippen LogP contribution is 2.29. The number of aryl methyl sites for hydroxylation is 1. The molecule has 3 amide bonds. The Morgan fingerprint density at radius 3 is 2.38 bits per heavy atom. The summed E-state index contributed by atoms with van der Waals surface area (Å²) in [5, 5.41) is 2.84. The maximum atomic E-state index is 12.6. The summed E-state index contributed by atoms with van der Waals surface area (Å²) >= 11 is 0. The summed E-state index contributed by atoms with van der Waals surface area (Å²) in [7, 11) is 0. The Kier molecular flexibility index (Phi) is 4.66. The first-order valence-electron chi connectivity index (χ1n) is 7.70. The van der Waals surface area contributed by atoms with Crippen LogP contribution in [0, 0.1) is 6.92 Å². The van der Waals surface area contributed by atoms with Crippen LogP contribution < -0.4 is 5.32 Å². The fourth-order valence-electron chi connectivity index (χ4n) is 2.68. The van der Waals surface area contributed by atoms with Crippen LogP contribution in [-0.2, 0) is 10.3 Å². The summed E-state index contributed by atoms with van der Waals surface area (Å²) in [6.07, 6.45) is 4.20. The van der Waals surface area contributed by atoms with E-state index in [1.807, 2.05) is 31.2 Å². The molecule has 0 spiro atoms. The predicted octanol–water partition coefficient (Wildman–Crippen LogP) is 3.34. The fraction of sp³-hybridized carbons (Fsp3) is 0.529. The van der Waals surface area contributed by atoms with Gasteiger partial charge in [-0.1, -0.05) is 56.0 Å². The van der Waals surface area contributed by atoms with Crippen LogP contribution >= 0.6 is 0 Å². The van der Waals surface area contributed by atoms with Crippen molar-refractivity contribution >= 4 is 11.9 Å². The first kappa shape index (κ1) is 15.5. The number of nitrogens with one attached hydrogen (secondary N) is 1. The average molecular weight is 288 g/mol. The van der Waals surface area contributed by atoms with Gasteiger partial charge in [0.1, 0.15) is 5.54 Å². The Labute approximate surface area is 126 Å². The van der Waals surface area contributed by atoms with Crippen LogP contribution in [0.3, 0.4) is 0 Å². The lowest BCUT2D eigenvalue weighted by atomic mass is 9.91. The zero-order valence-electron chi connectivity index (χ0n) is 13.1. The summed E-state index contributed by atoms with van der Waals surface area (Å²) in [5.74, 6) is -0.146. The number of hydrogen-bond donors (Lipinski definition) is 1. The number of benzene rings is 1. The van der Waals surface area contributed by atoms with Crippen molar-refractivity contribution in [2.24, 2.45) is 0 Å². The topological polar surface area (TPSA) is 49.4 Å². The van der Waals surface area contributed by atoms with Gasteiger partial charge in [0.05, 0.1) is 0 Å². The van der Waals surface area contributed by atoms with Gasteiger partial charge in [0.2, 0.25) is 0 Å². The molecule has 1 aromatic rings. The second-order valence-corrected chi connectivity index (χ2v) is 5.94. The van der Waals surface area contributed by atoms with E-state index in [1.165, 1.54) is 4.90 Å². The molecule has 0 radical (unpaired) electrons. The molecule has 1 atom stereocenters. The van der Waals surface area contributed by atoms with Crippen LogP contribution in [0.15, 0.2) is 24.3 Å². The molecule has 4 nitrogen and oxygen atoms in total. The van der Waals surface area contributed by atoms with Crippen molar-refractivity contribution in [1.29, 1.82) is 0 Å². The van der Waals surface area contributed by atoms with E-state index in [-0.39, 0.29) is 11.9 Å². The number of amides is 3. The lowest BCUT2D eigenvalue weighted by molar-refractivity contribution is -0.131. The normalized spacial score (nSPS) is 21.8. The van der Waals surface area contributed by atoms with Gasteiger partial charge in [-0.3, -0.25) is 9.69 Å². The summed E-state index contributed by atoms with van der Waals surface area (Å²) in [5.41, 5.74) is 1.04. The molecule has 1 heterocycles. The van der Waals surface area contributed by atoms with Gasteiger partial charge < -0.3 is 5.32 Å². The molecular formula is C17H24N2O2. The second-order valence-electron chi connectivity index (χ2n) is 5.94. The largest absolute Gasteiger partial charge is 0.325 e. The predicted molar refractivity (Wildman–Crippen MR) is 82.9 cm³/mol. The summed E-state index contributed by atoms with van der Waals surface area (Å²) in [6.45, 7) is 6.43. The van der Waals surface area contributed by atoms with Crippen molar-refractivity contribution in [2.45, 2.75) is 52.0 Å². The number of rotatable bonds is 6. The number of nitrogens with zero attached hydrogens (tertiary/aromatic N) is 1. The summed E-state index contributed by atoms with van der Waals surface area (Å²) < 4.78 is 0. The molecule has 114 valence electrons. The maximum absolute atomic E-state index is 12.6. The number of imide groups is 1. The van der Waals surface area contributed by atoms with E-state index in [4.69, 9.17) is 0 Å². The lowest BCUT2D eigenvalue weighted by Gasteiger charge is -2.22. The molecule has 2 rings (SSSR count). The smallest absolute Gasteiger partial charge is 0.319 e. The third-order valence-electron chi connectivity index (χ3n) is 4.14. The zero-order chi connectivity index (χ0) is 15.5. The van der Waals surface area contributed by atoms with E-state index in [0.717, 1.165) is 36.8 Å². The van der Waals surface area contributed by atoms with Crippen molar-refractivity contribution in [3.05, 3.63) is 35.4 Å². The monoisotopic (exact) mass is 288 g/mol. The molecule has 1 aromatic carbocycles. The quantitative estimate of drug-likeness (QED) is 0.644. The molecule has 1 unspecified atom stereocenters. The molecule has 0 bridgehead atoms. The number of unbranched alkanes of at least 4 members (excludes halogenated alkanes) is 3. The first-order chi connectivity index (χ1) is 9.99. The van der Waals surface area contributed by atoms with Crippen molar-refractivity contribution in [2.75, 3.05) is 6.54 Å². The molecule has 1 aliphatic heterocycles. The highest BCUT2D eigenvalue weighted by Gasteiger charge is 2.48. The van der Waals surface area contributed by atoms with Crippen LogP contribution in [0.5, 0.6) is 0 Å². The van der Waals surface area contributed by atoms with Crippen molar-refractivity contribution in [3.8, 4) is 0 Å². The summed E-state index contributed by atoms with van der Waals surface area (Å²) in [6, 6.07) is 7.47. The molecule has 21 heavy (non-hydrogen) atoms. The highest BCUT2D eigenvalue weighted by atomic mass is 16.2. The van der Waals surface area contributed by atoms with Gasteiger partial charge in [-0.2, -0.15) is 0 Å². The van der Waals surface area contributed by atoms with E-state index in [1.54, 1.807) is 6.92 Å². The van der Waals surface area contributed by atoms with Gasteiger partial charge in [0.15, 0.2) is 0 Å². The van der Waals surface area contributed by atoms with Crippen molar-refractivity contribution in [1.82, 2.24) is 10.2 Å². The van der Waals surface area contributed by atoms with Crippen LogP contribution in [0.2, 0.25) is 0 Å². The standard InChI is InChI=1S/C17H24N2O2/c1-4-5-6-7-12-19-15(20)17(3,18-16(19)21)14-10-8-13(2)9-11-14/h8-11H,4-7,12H2,1-3H3,(H,18,21). The number of hydrogen-bond acceptors (Lipinski definition) is 2. The van der Waals surface area contributed by atoms with Gasteiger partial charge in [0, 0.05) is 6.54 Å². The number of carbonyl (C=O) groups excluding carboxylic acids is 2.